The molecule has 2 aromatic rings. The van der Waals surface area contributed by atoms with Crippen LogP contribution >= 0.6 is 23.2 Å². The Bertz CT molecular complexity index is 593. The van der Waals surface area contributed by atoms with Gasteiger partial charge in [-0.1, -0.05) is 23.2 Å². The fourth-order valence-corrected chi connectivity index (χ4v) is 1.99. The molecule has 100 valence electrons. The zero-order valence-electron chi connectivity index (χ0n) is 10.1. The van der Waals surface area contributed by atoms with Gasteiger partial charge in [0.1, 0.15) is 11.6 Å². The molecule has 0 aliphatic heterocycles. The van der Waals surface area contributed by atoms with Gasteiger partial charge in [-0.2, -0.15) is 0 Å². The highest BCUT2D eigenvalue weighted by Gasteiger charge is 2.10. The van der Waals surface area contributed by atoms with Crippen molar-refractivity contribution in [1.29, 1.82) is 0 Å². The lowest BCUT2D eigenvalue weighted by molar-refractivity contribution is 0.450. The van der Waals surface area contributed by atoms with Crippen molar-refractivity contribution in [3.05, 3.63) is 51.9 Å². The molecule has 0 atom stereocenters. The van der Waals surface area contributed by atoms with Crippen LogP contribution in [0.2, 0.25) is 10.0 Å². The van der Waals surface area contributed by atoms with E-state index in [0.717, 1.165) is 6.20 Å². The Balaban J connectivity index is 2.32. The van der Waals surface area contributed by atoms with Crippen LogP contribution in [0.5, 0.6) is 11.6 Å². The molecule has 1 aromatic carbocycles. The van der Waals surface area contributed by atoms with E-state index in [4.69, 9.17) is 27.9 Å². The maximum Gasteiger partial charge on any atom is 0.223 e. The van der Waals surface area contributed by atoms with E-state index >= 15 is 0 Å². The maximum absolute atomic E-state index is 13.2. The smallest absolute Gasteiger partial charge is 0.223 e. The van der Waals surface area contributed by atoms with Gasteiger partial charge < -0.3 is 10.1 Å². The van der Waals surface area contributed by atoms with Crippen LogP contribution in [0.15, 0.2) is 30.5 Å². The van der Waals surface area contributed by atoms with Gasteiger partial charge in [0.15, 0.2) is 0 Å². The van der Waals surface area contributed by atoms with Crippen molar-refractivity contribution in [2.45, 2.75) is 6.54 Å². The maximum atomic E-state index is 13.2. The molecule has 0 fully saturated rings. The van der Waals surface area contributed by atoms with E-state index in [-0.39, 0.29) is 0 Å². The van der Waals surface area contributed by atoms with Crippen LogP contribution in [-0.2, 0) is 6.54 Å². The molecule has 6 heteroatoms. The van der Waals surface area contributed by atoms with Gasteiger partial charge in [0, 0.05) is 17.1 Å². The van der Waals surface area contributed by atoms with E-state index < -0.39 is 5.82 Å². The van der Waals surface area contributed by atoms with E-state index in [0.29, 0.717) is 33.8 Å². The average Bonchev–Trinajstić information content (AvgIpc) is 2.36. The van der Waals surface area contributed by atoms with E-state index in [1.807, 2.05) is 0 Å². The third-order valence-corrected chi connectivity index (χ3v) is 2.89. The highest BCUT2D eigenvalue weighted by atomic mass is 35.5. The van der Waals surface area contributed by atoms with Crippen molar-refractivity contribution in [2.75, 3.05) is 7.05 Å². The van der Waals surface area contributed by atoms with Crippen LogP contribution in [0, 0.1) is 5.82 Å². The summed E-state index contributed by atoms with van der Waals surface area (Å²) in [5.74, 6) is 0.308. The van der Waals surface area contributed by atoms with E-state index in [1.54, 1.807) is 25.2 Å². The van der Waals surface area contributed by atoms with Gasteiger partial charge in [0.2, 0.25) is 5.88 Å². The molecule has 0 saturated heterocycles. The lowest BCUT2D eigenvalue weighted by Crippen LogP contribution is -2.07. The molecule has 0 unspecified atom stereocenters. The quantitative estimate of drug-likeness (QED) is 0.925. The minimum atomic E-state index is -0.417. The van der Waals surface area contributed by atoms with Crippen LogP contribution in [-0.4, -0.2) is 12.0 Å². The summed E-state index contributed by atoms with van der Waals surface area (Å²) in [5.41, 5.74) is 0.605. The Hall–Kier alpha value is -1.36. The number of ether oxygens (including phenoxy) is 1. The lowest BCUT2D eigenvalue weighted by Gasteiger charge is -2.11. The second kappa shape index (κ2) is 6.19. The van der Waals surface area contributed by atoms with Gasteiger partial charge in [-0.15, -0.1) is 0 Å². The number of rotatable bonds is 4. The number of nitrogens with zero attached hydrogens (tertiary/aromatic N) is 1. The number of hydrogen-bond acceptors (Lipinski definition) is 3. The number of pyridine rings is 1. The highest BCUT2D eigenvalue weighted by Crippen LogP contribution is 2.32. The molecule has 0 bridgehead atoms. The summed E-state index contributed by atoms with van der Waals surface area (Å²) in [6.45, 7) is 0.436. The number of hydrogen-bond donors (Lipinski definition) is 1. The summed E-state index contributed by atoms with van der Waals surface area (Å²) >= 11 is 11.8. The first kappa shape index (κ1) is 14.1. The first-order valence-corrected chi connectivity index (χ1v) is 6.27. The first-order chi connectivity index (χ1) is 9.10. The molecule has 2 rings (SSSR count). The van der Waals surface area contributed by atoms with Gasteiger partial charge in [0.25, 0.3) is 0 Å². The van der Waals surface area contributed by atoms with Crippen LogP contribution in [0.4, 0.5) is 4.39 Å². The van der Waals surface area contributed by atoms with Crippen molar-refractivity contribution in [3.8, 4) is 11.6 Å². The Labute approximate surface area is 120 Å². The largest absolute Gasteiger partial charge is 0.437 e. The van der Waals surface area contributed by atoms with Crippen molar-refractivity contribution >= 4 is 23.2 Å². The molecule has 19 heavy (non-hydrogen) atoms. The molecular weight excluding hydrogens is 290 g/mol. The van der Waals surface area contributed by atoms with Crippen LogP contribution in [0.1, 0.15) is 5.56 Å². The molecule has 0 saturated carbocycles. The second-order valence-electron chi connectivity index (χ2n) is 3.82. The van der Waals surface area contributed by atoms with Crippen molar-refractivity contribution in [3.63, 3.8) is 0 Å². The van der Waals surface area contributed by atoms with Crippen LogP contribution in [0.25, 0.3) is 0 Å². The Morgan fingerprint density at radius 1 is 1.32 bits per heavy atom. The Kier molecular flexibility index (Phi) is 4.58. The predicted molar refractivity (Wildman–Crippen MR) is 73.5 cm³/mol. The van der Waals surface area contributed by atoms with Crippen molar-refractivity contribution in [1.82, 2.24) is 10.3 Å². The number of halogens is 3. The average molecular weight is 301 g/mol. The summed E-state index contributed by atoms with van der Waals surface area (Å²) in [6.07, 6.45) is 1.10. The fourth-order valence-electron chi connectivity index (χ4n) is 1.54. The summed E-state index contributed by atoms with van der Waals surface area (Å²) in [6, 6.07) is 6.23. The van der Waals surface area contributed by atoms with E-state index in [1.165, 1.54) is 6.07 Å². The second-order valence-corrected chi connectivity index (χ2v) is 4.67. The van der Waals surface area contributed by atoms with Crippen molar-refractivity contribution in [2.24, 2.45) is 0 Å². The van der Waals surface area contributed by atoms with E-state index in [2.05, 4.69) is 10.3 Å². The molecule has 0 spiro atoms. The molecule has 0 amide bonds. The minimum absolute atomic E-state index is 0.306. The van der Waals surface area contributed by atoms with E-state index in [9.17, 15) is 4.39 Å². The lowest BCUT2D eigenvalue weighted by atomic mass is 10.2. The zero-order chi connectivity index (χ0) is 13.8. The molecule has 0 aliphatic carbocycles. The fraction of sp³-hybridized carbons (Fsp3) is 0.154. The summed E-state index contributed by atoms with van der Waals surface area (Å²) in [7, 11) is 1.75. The standard InChI is InChI=1S/C13H11Cl2FN2O/c1-17-6-8-4-10(16)7-18-13(8)19-12-3-2-9(14)5-11(12)15/h2-5,7,17H,6H2,1H3. The Morgan fingerprint density at radius 3 is 2.79 bits per heavy atom. The number of benzene rings is 1. The third-order valence-electron chi connectivity index (χ3n) is 2.36. The van der Waals surface area contributed by atoms with Crippen LogP contribution < -0.4 is 10.1 Å². The summed E-state index contributed by atoms with van der Waals surface area (Å²) in [5, 5.41) is 3.80. The zero-order valence-corrected chi connectivity index (χ0v) is 11.6. The summed E-state index contributed by atoms with van der Waals surface area (Å²) < 4.78 is 18.7. The molecule has 1 N–H and O–H groups in total. The topological polar surface area (TPSA) is 34.2 Å². The number of nitrogens with one attached hydrogen (secondary N) is 1. The van der Waals surface area contributed by atoms with Gasteiger partial charge in [-0.05, 0) is 31.3 Å². The first-order valence-electron chi connectivity index (χ1n) is 5.52. The molecule has 3 nitrogen and oxygen atoms in total. The summed E-state index contributed by atoms with van der Waals surface area (Å²) in [4.78, 5) is 3.93. The highest BCUT2D eigenvalue weighted by molar-refractivity contribution is 6.35. The molecule has 1 aromatic heterocycles. The predicted octanol–water partition coefficient (Wildman–Crippen LogP) is 4.04. The monoisotopic (exact) mass is 300 g/mol. The van der Waals surface area contributed by atoms with Gasteiger partial charge in [0.05, 0.1) is 11.2 Å². The molecular formula is C13H11Cl2FN2O. The molecule has 0 aliphatic rings. The SMILES string of the molecule is CNCc1cc(F)cnc1Oc1ccc(Cl)cc1Cl. The van der Waals surface area contributed by atoms with Crippen molar-refractivity contribution < 1.29 is 9.13 Å². The Morgan fingerprint density at radius 2 is 2.11 bits per heavy atom. The van der Waals surface area contributed by atoms with Crippen LogP contribution in [0.3, 0.4) is 0 Å². The minimum Gasteiger partial charge on any atom is -0.437 e. The van der Waals surface area contributed by atoms with Gasteiger partial charge in [-0.3, -0.25) is 0 Å². The normalized spacial score (nSPS) is 10.5. The third kappa shape index (κ3) is 3.56. The van der Waals surface area contributed by atoms with Gasteiger partial charge >= 0.3 is 0 Å². The molecule has 1 heterocycles. The number of aromatic nitrogens is 1. The van der Waals surface area contributed by atoms with Gasteiger partial charge in [-0.25, -0.2) is 9.37 Å². The molecule has 0 radical (unpaired) electrons.